The van der Waals surface area contributed by atoms with E-state index in [9.17, 15) is 14.4 Å². The van der Waals surface area contributed by atoms with Crippen LogP contribution < -0.4 is 10.6 Å². The zero-order valence-corrected chi connectivity index (χ0v) is 15.8. The van der Waals surface area contributed by atoms with Crippen molar-refractivity contribution in [1.82, 2.24) is 15.5 Å². The van der Waals surface area contributed by atoms with Gasteiger partial charge in [0.1, 0.15) is 12.1 Å². The lowest BCUT2D eigenvalue weighted by Crippen LogP contribution is -2.45. The fourth-order valence-electron chi connectivity index (χ4n) is 3.39. The van der Waals surface area contributed by atoms with Crippen molar-refractivity contribution >= 4 is 17.8 Å². The van der Waals surface area contributed by atoms with E-state index < -0.39 is 17.5 Å². The van der Waals surface area contributed by atoms with Crippen molar-refractivity contribution in [2.45, 2.75) is 58.0 Å². The lowest BCUT2D eigenvalue weighted by Gasteiger charge is -2.23. The Kier molecular flexibility index (Phi) is 4.78. The maximum Gasteiger partial charge on any atom is 0.325 e. The summed E-state index contributed by atoms with van der Waals surface area (Å²) in [6, 6.07) is 7.23. The molecule has 0 radical (unpaired) electrons. The average molecular weight is 357 g/mol. The summed E-state index contributed by atoms with van der Waals surface area (Å²) in [4.78, 5) is 38.4. The van der Waals surface area contributed by atoms with Crippen LogP contribution in [0.5, 0.6) is 0 Å². The molecule has 1 aromatic carbocycles. The van der Waals surface area contributed by atoms with Crippen LogP contribution in [-0.2, 0) is 15.1 Å². The highest BCUT2D eigenvalue weighted by atomic mass is 16.2. The second-order valence-corrected chi connectivity index (χ2v) is 7.92. The van der Waals surface area contributed by atoms with E-state index in [1.165, 1.54) is 5.56 Å². The Bertz CT molecular complexity index is 724. The van der Waals surface area contributed by atoms with E-state index in [2.05, 4.69) is 24.5 Å². The third-order valence-electron chi connectivity index (χ3n) is 5.45. The van der Waals surface area contributed by atoms with Crippen LogP contribution in [0.2, 0.25) is 0 Å². The van der Waals surface area contributed by atoms with Crippen LogP contribution in [0.4, 0.5) is 4.79 Å². The second-order valence-electron chi connectivity index (χ2n) is 7.92. The van der Waals surface area contributed by atoms with Gasteiger partial charge in [0.15, 0.2) is 0 Å². The lowest BCUT2D eigenvalue weighted by atomic mass is 9.90. The zero-order valence-electron chi connectivity index (χ0n) is 15.8. The van der Waals surface area contributed by atoms with Crippen LogP contribution in [0.3, 0.4) is 0 Å². The first-order chi connectivity index (χ1) is 12.2. The standard InChI is InChI=1S/C20H27N3O3/c1-12(2)14-7-9-16(10-8-14)20(4)18(25)23(19(26)22-20)11-17(24)21-13(3)15-5-6-15/h7-10,12-13,15H,5-6,11H2,1-4H3,(H,21,24)(H,22,26)/t13-,20-/m0/s1. The van der Waals surface area contributed by atoms with Gasteiger partial charge in [-0.1, -0.05) is 38.1 Å². The Balaban J connectivity index is 1.71. The molecule has 6 heteroatoms. The molecule has 6 nitrogen and oxygen atoms in total. The molecule has 2 aliphatic rings. The van der Waals surface area contributed by atoms with E-state index >= 15 is 0 Å². The Hall–Kier alpha value is -2.37. The Morgan fingerprint density at radius 2 is 1.85 bits per heavy atom. The van der Waals surface area contributed by atoms with E-state index in [1.54, 1.807) is 6.92 Å². The third-order valence-corrected chi connectivity index (χ3v) is 5.45. The normalized spacial score (nSPS) is 24.0. The van der Waals surface area contributed by atoms with Gasteiger partial charge in [-0.15, -0.1) is 0 Å². The van der Waals surface area contributed by atoms with Gasteiger partial charge in [0.2, 0.25) is 5.91 Å². The van der Waals surface area contributed by atoms with E-state index in [0.717, 1.165) is 23.3 Å². The molecular formula is C20H27N3O3. The Labute approximate surface area is 154 Å². The third kappa shape index (κ3) is 3.45. The number of nitrogens with one attached hydrogen (secondary N) is 2. The van der Waals surface area contributed by atoms with Crippen LogP contribution in [0.15, 0.2) is 24.3 Å². The first kappa shape index (κ1) is 18.4. The summed E-state index contributed by atoms with van der Waals surface area (Å²) < 4.78 is 0. The van der Waals surface area contributed by atoms with Crippen molar-refractivity contribution in [3.05, 3.63) is 35.4 Å². The molecule has 1 heterocycles. The van der Waals surface area contributed by atoms with Gasteiger partial charge in [-0.05, 0) is 49.7 Å². The molecule has 4 amide bonds. The van der Waals surface area contributed by atoms with Crippen molar-refractivity contribution in [3.8, 4) is 0 Å². The van der Waals surface area contributed by atoms with Gasteiger partial charge in [-0.2, -0.15) is 0 Å². The number of rotatable bonds is 6. The average Bonchev–Trinajstić information content (AvgIpc) is 3.41. The van der Waals surface area contributed by atoms with Gasteiger partial charge in [0.25, 0.3) is 5.91 Å². The van der Waals surface area contributed by atoms with Gasteiger partial charge >= 0.3 is 6.03 Å². The van der Waals surface area contributed by atoms with E-state index in [-0.39, 0.29) is 18.5 Å². The topological polar surface area (TPSA) is 78.5 Å². The van der Waals surface area contributed by atoms with E-state index in [1.807, 2.05) is 31.2 Å². The maximum absolute atomic E-state index is 12.9. The van der Waals surface area contributed by atoms with E-state index in [0.29, 0.717) is 11.8 Å². The molecule has 0 aromatic heterocycles. The molecule has 2 atom stereocenters. The van der Waals surface area contributed by atoms with Gasteiger partial charge in [0.05, 0.1) is 0 Å². The molecule has 26 heavy (non-hydrogen) atoms. The summed E-state index contributed by atoms with van der Waals surface area (Å²) in [6.45, 7) is 7.59. The molecule has 2 fully saturated rings. The van der Waals surface area contributed by atoms with Crippen LogP contribution in [0, 0.1) is 5.92 Å². The number of benzene rings is 1. The smallest absolute Gasteiger partial charge is 0.325 e. The minimum atomic E-state index is -1.14. The van der Waals surface area contributed by atoms with Crippen LogP contribution in [0.25, 0.3) is 0 Å². The molecule has 1 aliphatic carbocycles. The van der Waals surface area contributed by atoms with Crippen molar-refractivity contribution in [2.75, 3.05) is 6.54 Å². The zero-order chi connectivity index (χ0) is 19.1. The van der Waals surface area contributed by atoms with Crippen LogP contribution in [-0.4, -0.2) is 35.3 Å². The molecule has 0 bridgehead atoms. The summed E-state index contributed by atoms with van der Waals surface area (Å²) >= 11 is 0. The summed E-state index contributed by atoms with van der Waals surface area (Å²) in [6.07, 6.45) is 2.24. The molecule has 140 valence electrons. The molecule has 0 spiro atoms. The predicted octanol–water partition coefficient (Wildman–Crippen LogP) is 2.49. The van der Waals surface area contributed by atoms with Crippen molar-refractivity contribution in [3.63, 3.8) is 0 Å². The quantitative estimate of drug-likeness (QED) is 0.768. The Morgan fingerprint density at radius 1 is 1.23 bits per heavy atom. The van der Waals surface area contributed by atoms with Crippen molar-refractivity contribution in [2.24, 2.45) is 5.92 Å². The molecule has 1 aliphatic heterocycles. The first-order valence-corrected chi connectivity index (χ1v) is 9.26. The summed E-state index contributed by atoms with van der Waals surface area (Å²) in [5, 5.41) is 5.63. The molecule has 0 unspecified atom stereocenters. The highest BCUT2D eigenvalue weighted by molar-refractivity contribution is 6.09. The highest BCUT2D eigenvalue weighted by Crippen LogP contribution is 2.32. The molecule has 3 rings (SSSR count). The predicted molar refractivity (Wildman–Crippen MR) is 98.5 cm³/mol. The van der Waals surface area contributed by atoms with Crippen molar-refractivity contribution in [1.29, 1.82) is 0 Å². The van der Waals surface area contributed by atoms with E-state index in [4.69, 9.17) is 0 Å². The second kappa shape index (κ2) is 6.74. The highest BCUT2D eigenvalue weighted by Gasteiger charge is 2.49. The number of hydrogen-bond acceptors (Lipinski definition) is 3. The molecular weight excluding hydrogens is 330 g/mol. The van der Waals surface area contributed by atoms with Gasteiger partial charge < -0.3 is 10.6 Å². The maximum atomic E-state index is 12.9. The lowest BCUT2D eigenvalue weighted by molar-refractivity contribution is -0.135. The summed E-state index contributed by atoms with van der Waals surface area (Å²) in [7, 11) is 0. The fourth-order valence-corrected chi connectivity index (χ4v) is 3.39. The summed E-state index contributed by atoms with van der Waals surface area (Å²) in [5.41, 5.74) is 0.739. The fraction of sp³-hybridized carbons (Fsp3) is 0.550. The SMILES string of the molecule is CC(C)c1ccc([C@]2(C)NC(=O)N(CC(=O)N[C@@H](C)C3CC3)C2=O)cc1. The van der Waals surface area contributed by atoms with Gasteiger partial charge in [-0.3, -0.25) is 14.5 Å². The van der Waals surface area contributed by atoms with Gasteiger partial charge in [0, 0.05) is 6.04 Å². The number of urea groups is 1. The number of amides is 4. The Morgan fingerprint density at radius 3 is 2.38 bits per heavy atom. The molecule has 1 saturated heterocycles. The number of imide groups is 1. The first-order valence-electron chi connectivity index (χ1n) is 9.26. The summed E-state index contributed by atoms with van der Waals surface area (Å²) in [5.74, 6) is 0.215. The number of carbonyl (C=O) groups is 3. The minimum Gasteiger partial charge on any atom is -0.352 e. The van der Waals surface area contributed by atoms with Crippen molar-refractivity contribution < 1.29 is 14.4 Å². The van der Waals surface area contributed by atoms with Crippen LogP contribution in [0.1, 0.15) is 57.6 Å². The number of carbonyl (C=O) groups excluding carboxylic acids is 3. The largest absolute Gasteiger partial charge is 0.352 e. The number of nitrogens with zero attached hydrogens (tertiary/aromatic N) is 1. The minimum absolute atomic E-state index is 0.0817. The molecule has 2 N–H and O–H groups in total. The van der Waals surface area contributed by atoms with Gasteiger partial charge in [-0.25, -0.2) is 4.79 Å². The molecule has 1 aromatic rings. The number of hydrogen-bond donors (Lipinski definition) is 2. The monoisotopic (exact) mass is 357 g/mol. The van der Waals surface area contributed by atoms with Crippen LogP contribution >= 0.6 is 0 Å². The molecule has 1 saturated carbocycles.